The molecule has 0 spiro atoms. The average Bonchev–Trinajstić information content (AvgIpc) is 3.43. The van der Waals surface area contributed by atoms with E-state index in [4.69, 9.17) is 9.47 Å². The molecule has 3 heterocycles. The second-order valence-electron chi connectivity index (χ2n) is 9.87. The lowest BCUT2D eigenvalue weighted by Crippen LogP contribution is -2.44. The first-order valence-corrected chi connectivity index (χ1v) is 12.2. The van der Waals surface area contributed by atoms with Crippen LogP contribution in [0.3, 0.4) is 0 Å². The van der Waals surface area contributed by atoms with E-state index in [1.54, 1.807) is 11.8 Å². The predicted octanol–water partition coefficient (Wildman–Crippen LogP) is 3.71. The standard InChI is InChI=1S/C27H31N3O5/c1-17(2)18-6-9-20(10-7-18)27(3)25(32)30(26(33)28-27)16-24(31)29-12-4-5-21(29)19-8-11-22-23(15-19)35-14-13-34-22/h6-11,15,17,21H,4-5,12-14,16H2,1-3H3,(H,28,33)/t21-,27-/m0/s1. The van der Waals surface area contributed by atoms with Gasteiger partial charge in [-0.25, -0.2) is 4.79 Å². The molecular weight excluding hydrogens is 446 g/mol. The molecule has 0 unspecified atom stereocenters. The molecule has 2 fully saturated rings. The van der Waals surface area contributed by atoms with Crippen LogP contribution >= 0.6 is 0 Å². The Morgan fingerprint density at radius 1 is 1.09 bits per heavy atom. The third-order valence-corrected chi connectivity index (χ3v) is 7.25. The molecule has 3 aliphatic heterocycles. The fraction of sp³-hybridized carbons (Fsp3) is 0.444. The van der Waals surface area contributed by atoms with Gasteiger partial charge in [0.15, 0.2) is 11.5 Å². The van der Waals surface area contributed by atoms with Gasteiger partial charge in [0.25, 0.3) is 5.91 Å². The molecule has 0 aromatic heterocycles. The van der Waals surface area contributed by atoms with Crippen LogP contribution in [0.4, 0.5) is 4.79 Å². The molecule has 1 N–H and O–H groups in total. The van der Waals surface area contributed by atoms with Crippen LogP contribution < -0.4 is 14.8 Å². The molecule has 2 saturated heterocycles. The Bertz CT molecular complexity index is 1160. The molecular formula is C27H31N3O5. The van der Waals surface area contributed by atoms with Gasteiger partial charge in [-0.3, -0.25) is 14.5 Å². The first-order valence-electron chi connectivity index (χ1n) is 12.2. The van der Waals surface area contributed by atoms with Crippen molar-refractivity contribution in [2.75, 3.05) is 26.3 Å². The summed E-state index contributed by atoms with van der Waals surface area (Å²) in [6, 6.07) is 12.8. The SMILES string of the molecule is CC(C)c1ccc([C@]2(C)NC(=O)N(CC(=O)N3CCC[C@H]3c3ccc4c(c3)OCCO4)C2=O)cc1. The van der Waals surface area contributed by atoms with E-state index in [1.807, 2.05) is 42.5 Å². The number of nitrogens with zero attached hydrogens (tertiary/aromatic N) is 2. The fourth-order valence-electron chi connectivity index (χ4n) is 5.14. The molecule has 0 saturated carbocycles. The summed E-state index contributed by atoms with van der Waals surface area (Å²) in [6.07, 6.45) is 1.66. The minimum atomic E-state index is -1.20. The van der Waals surface area contributed by atoms with Crippen LogP contribution in [0, 0.1) is 0 Å². The Balaban J connectivity index is 1.32. The third-order valence-electron chi connectivity index (χ3n) is 7.25. The molecule has 0 radical (unpaired) electrons. The zero-order valence-electron chi connectivity index (χ0n) is 20.4. The Kier molecular flexibility index (Phi) is 5.91. The van der Waals surface area contributed by atoms with Gasteiger partial charge in [0.2, 0.25) is 5.91 Å². The van der Waals surface area contributed by atoms with Crippen LogP contribution in [0.2, 0.25) is 0 Å². The van der Waals surface area contributed by atoms with Crippen molar-refractivity contribution in [2.45, 2.75) is 51.1 Å². The number of hydrogen-bond donors (Lipinski definition) is 1. The van der Waals surface area contributed by atoms with Gasteiger partial charge in [-0.2, -0.15) is 0 Å². The number of benzene rings is 2. The van der Waals surface area contributed by atoms with Gasteiger partial charge < -0.3 is 19.7 Å². The number of amides is 4. The lowest BCUT2D eigenvalue weighted by atomic mass is 9.90. The number of rotatable bonds is 5. The number of fused-ring (bicyclic) bond motifs is 1. The molecule has 8 nitrogen and oxygen atoms in total. The predicted molar refractivity (Wildman–Crippen MR) is 129 cm³/mol. The number of ether oxygens (including phenoxy) is 2. The molecule has 0 bridgehead atoms. The molecule has 8 heteroatoms. The number of imide groups is 1. The number of urea groups is 1. The number of hydrogen-bond acceptors (Lipinski definition) is 5. The maximum absolute atomic E-state index is 13.4. The fourth-order valence-corrected chi connectivity index (χ4v) is 5.14. The molecule has 184 valence electrons. The van der Waals surface area contributed by atoms with Crippen LogP contribution in [-0.4, -0.2) is 53.9 Å². The largest absolute Gasteiger partial charge is 0.486 e. The van der Waals surface area contributed by atoms with E-state index in [0.717, 1.165) is 28.9 Å². The highest BCUT2D eigenvalue weighted by atomic mass is 16.6. The Labute approximate surface area is 205 Å². The highest BCUT2D eigenvalue weighted by Gasteiger charge is 2.50. The zero-order valence-corrected chi connectivity index (χ0v) is 20.4. The summed E-state index contributed by atoms with van der Waals surface area (Å²) >= 11 is 0. The van der Waals surface area contributed by atoms with Crippen molar-refractivity contribution in [3.05, 3.63) is 59.2 Å². The lowest BCUT2D eigenvalue weighted by Gasteiger charge is -2.28. The summed E-state index contributed by atoms with van der Waals surface area (Å²) in [7, 11) is 0. The smallest absolute Gasteiger partial charge is 0.325 e. The summed E-state index contributed by atoms with van der Waals surface area (Å²) in [5, 5.41) is 2.80. The van der Waals surface area contributed by atoms with Crippen molar-refractivity contribution < 1.29 is 23.9 Å². The molecule has 0 aliphatic carbocycles. The average molecular weight is 478 g/mol. The van der Waals surface area contributed by atoms with Gasteiger partial charge in [-0.15, -0.1) is 0 Å². The van der Waals surface area contributed by atoms with Gasteiger partial charge in [0.1, 0.15) is 25.3 Å². The molecule has 2 atom stereocenters. The first kappa shape index (κ1) is 23.2. The van der Waals surface area contributed by atoms with E-state index in [-0.39, 0.29) is 18.5 Å². The van der Waals surface area contributed by atoms with Crippen LogP contribution in [0.5, 0.6) is 11.5 Å². The topological polar surface area (TPSA) is 88.2 Å². The van der Waals surface area contributed by atoms with Crippen molar-refractivity contribution in [1.29, 1.82) is 0 Å². The van der Waals surface area contributed by atoms with Crippen molar-refractivity contribution >= 4 is 17.8 Å². The third kappa shape index (κ3) is 4.11. The van der Waals surface area contributed by atoms with Crippen LogP contribution in [0.15, 0.2) is 42.5 Å². The molecule has 5 rings (SSSR count). The summed E-state index contributed by atoms with van der Waals surface area (Å²) in [5.41, 5.74) is 1.62. The monoisotopic (exact) mass is 477 g/mol. The Hall–Kier alpha value is -3.55. The van der Waals surface area contributed by atoms with Crippen LogP contribution in [0.1, 0.15) is 62.3 Å². The summed E-state index contributed by atoms with van der Waals surface area (Å²) in [6.45, 7) is 7.20. The quantitative estimate of drug-likeness (QED) is 0.664. The zero-order chi connectivity index (χ0) is 24.7. The number of carbonyl (C=O) groups excluding carboxylic acids is 3. The van der Waals surface area contributed by atoms with Gasteiger partial charge in [-0.1, -0.05) is 44.2 Å². The van der Waals surface area contributed by atoms with Gasteiger partial charge >= 0.3 is 6.03 Å². The lowest BCUT2D eigenvalue weighted by molar-refractivity contribution is -0.139. The van der Waals surface area contributed by atoms with Crippen molar-refractivity contribution in [3.63, 3.8) is 0 Å². The van der Waals surface area contributed by atoms with E-state index < -0.39 is 17.5 Å². The Morgan fingerprint density at radius 2 is 1.80 bits per heavy atom. The van der Waals surface area contributed by atoms with Gasteiger partial charge in [0.05, 0.1) is 6.04 Å². The number of carbonyl (C=O) groups is 3. The minimum absolute atomic E-state index is 0.131. The van der Waals surface area contributed by atoms with E-state index >= 15 is 0 Å². The molecule has 35 heavy (non-hydrogen) atoms. The normalized spacial score (nSPS) is 23.7. The maximum atomic E-state index is 13.4. The molecule has 2 aromatic rings. The van der Waals surface area contributed by atoms with Crippen LogP contribution in [-0.2, 0) is 15.1 Å². The van der Waals surface area contributed by atoms with Crippen molar-refractivity contribution in [2.24, 2.45) is 0 Å². The van der Waals surface area contributed by atoms with Crippen molar-refractivity contribution in [3.8, 4) is 11.5 Å². The van der Waals surface area contributed by atoms with Gasteiger partial charge in [0, 0.05) is 6.54 Å². The van der Waals surface area contributed by atoms with E-state index in [0.29, 0.717) is 42.7 Å². The number of likely N-dealkylation sites (tertiary alicyclic amines) is 1. The van der Waals surface area contributed by atoms with E-state index in [2.05, 4.69) is 19.2 Å². The number of nitrogens with one attached hydrogen (secondary N) is 1. The van der Waals surface area contributed by atoms with E-state index in [1.165, 1.54) is 0 Å². The second kappa shape index (κ2) is 8.91. The molecule has 2 aromatic carbocycles. The summed E-state index contributed by atoms with van der Waals surface area (Å²) in [4.78, 5) is 42.3. The Morgan fingerprint density at radius 3 is 2.51 bits per heavy atom. The van der Waals surface area contributed by atoms with Gasteiger partial charge in [-0.05, 0) is 54.5 Å². The summed E-state index contributed by atoms with van der Waals surface area (Å²) in [5.74, 6) is 1.09. The highest BCUT2D eigenvalue weighted by Crippen LogP contribution is 2.38. The second-order valence-corrected chi connectivity index (χ2v) is 9.87. The minimum Gasteiger partial charge on any atom is -0.486 e. The molecule has 3 aliphatic rings. The highest BCUT2D eigenvalue weighted by molar-refractivity contribution is 6.09. The first-order chi connectivity index (χ1) is 16.8. The maximum Gasteiger partial charge on any atom is 0.325 e. The van der Waals surface area contributed by atoms with E-state index in [9.17, 15) is 14.4 Å². The molecule has 4 amide bonds. The summed E-state index contributed by atoms with van der Waals surface area (Å²) < 4.78 is 11.3. The van der Waals surface area contributed by atoms with Crippen molar-refractivity contribution in [1.82, 2.24) is 15.1 Å². The van der Waals surface area contributed by atoms with Crippen LogP contribution in [0.25, 0.3) is 0 Å².